The fourth-order valence-corrected chi connectivity index (χ4v) is 1.68. The standard InChI is InChI=1S/C14H22N2O/c1-10(2)8-14(17)16-13-6-4-12(5-7-13)9-11(3)15/h4-7,10-11H,8-9,15H2,1-3H3,(H,16,17). The molecule has 0 saturated carbocycles. The van der Waals surface area contributed by atoms with Crippen molar-refractivity contribution in [1.29, 1.82) is 0 Å². The van der Waals surface area contributed by atoms with Crippen molar-refractivity contribution in [1.82, 2.24) is 0 Å². The van der Waals surface area contributed by atoms with Crippen LogP contribution in [0.25, 0.3) is 0 Å². The zero-order chi connectivity index (χ0) is 12.8. The molecule has 3 nitrogen and oxygen atoms in total. The van der Waals surface area contributed by atoms with Gasteiger partial charge in [0.25, 0.3) is 0 Å². The molecule has 0 aliphatic rings. The Hall–Kier alpha value is -1.35. The summed E-state index contributed by atoms with van der Waals surface area (Å²) in [5.74, 6) is 0.451. The van der Waals surface area contributed by atoms with E-state index in [-0.39, 0.29) is 11.9 Å². The average Bonchev–Trinajstić information content (AvgIpc) is 2.18. The molecule has 1 amide bonds. The highest BCUT2D eigenvalue weighted by Crippen LogP contribution is 2.12. The van der Waals surface area contributed by atoms with Crippen molar-refractivity contribution >= 4 is 11.6 Å². The Bertz CT molecular complexity index is 355. The Morgan fingerprint density at radius 3 is 2.29 bits per heavy atom. The van der Waals surface area contributed by atoms with Gasteiger partial charge in [0.1, 0.15) is 0 Å². The summed E-state index contributed by atoms with van der Waals surface area (Å²) in [4.78, 5) is 11.6. The molecule has 3 N–H and O–H groups in total. The van der Waals surface area contributed by atoms with Gasteiger partial charge in [0.2, 0.25) is 5.91 Å². The van der Waals surface area contributed by atoms with Crippen molar-refractivity contribution < 1.29 is 4.79 Å². The van der Waals surface area contributed by atoms with E-state index in [4.69, 9.17) is 5.73 Å². The number of amides is 1. The summed E-state index contributed by atoms with van der Waals surface area (Å²) < 4.78 is 0. The van der Waals surface area contributed by atoms with Crippen molar-refractivity contribution in [2.24, 2.45) is 11.7 Å². The highest BCUT2D eigenvalue weighted by molar-refractivity contribution is 5.90. The largest absolute Gasteiger partial charge is 0.328 e. The molecule has 94 valence electrons. The van der Waals surface area contributed by atoms with Crippen molar-refractivity contribution in [2.45, 2.75) is 39.7 Å². The van der Waals surface area contributed by atoms with Gasteiger partial charge in [-0.25, -0.2) is 0 Å². The maximum Gasteiger partial charge on any atom is 0.224 e. The number of nitrogens with two attached hydrogens (primary N) is 1. The summed E-state index contributed by atoms with van der Waals surface area (Å²) >= 11 is 0. The molecule has 0 saturated heterocycles. The maximum atomic E-state index is 11.6. The second kappa shape index (κ2) is 6.40. The van der Waals surface area contributed by atoms with E-state index >= 15 is 0 Å². The number of benzene rings is 1. The number of rotatable bonds is 5. The first-order valence-electron chi connectivity index (χ1n) is 6.11. The molecule has 0 spiro atoms. The molecule has 0 heterocycles. The first kappa shape index (κ1) is 13.7. The highest BCUT2D eigenvalue weighted by atomic mass is 16.1. The monoisotopic (exact) mass is 234 g/mol. The van der Waals surface area contributed by atoms with Crippen LogP contribution in [0.4, 0.5) is 5.69 Å². The smallest absolute Gasteiger partial charge is 0.224 e. The molecule has 1 unspecified atom stereocenters. The third kappa shape index (κ3) is 5.50. The number of carbonyl (C=O) groups excluding carboxylic acids is 1. The quantitative estimate of drug-likeness (QED) is 0.822. The lowest BCUT2D eigenvalue weighted by molar-refractivity contribution is -0.116. The van der Waals surface area contributed by atoms with Gasteiger partial charge in [0.15, 0.2) is 0 Å². The van der Waals surface area contributed by atoms with Crippen LogP contribution in [0.15, 0.2) is 24.3 Å². The van der Waals surface area contributed by atoms with Gasteiger partial charge in [0.05, 0.1) is 0 Å². The number of carbonyl (C=O) groups is 1. The lowest BCUT2D eigenvalue weighted by atomic mass is 10.1. The van der Waals surface area contributed by atoms with Crippen LogP contribution in [-0.4, -0.2) is 11.9 Å². The normalized spacial score (nSPS) is 12.5. The molecule has 0 fully saturated rings. The fraction of sp³-hybridized carbons (Fsp3) is 0.500. The molecule has 3 heteroatoms. The summed E-state index contributed by atoms with van der Waals surface area (Å²) in [6.07, 6.45) is 1.42. The van der Waals surface area contributed by atoms with Gasteiger partial charge in [-0.2, -0.15) is 0 Å². The van der Waals surface area contributed by atoms with E-state index in [1.54, 1.807) is 0 Å². The van der Waals surface area contributed by atoms with Crippen LogP contribution in [0.3, 0.4) is 0 Å². The molecule has 0 aliphatic carbocycles. The lowest BCUT2D eigenvalue weighted by Crippen LogP contribution is -2.17. The zero-order valence-corrected chi connectivity index (χ0v) is 10.9. The van der Waals surface area contributed by atoms with E-state index in [2.05, 4.69) is 5.32 Å². The summed E-state index contributed by atoms with van der Waals surface area (Å²) in [6, 6.07) is 8.03. The lowest BCUT2D eigenvalue weighted by Gasteiger charge is -2.09. The molecule has 0 aliphatic heterocycles. The van der Waals surface area contributed by atoms with Gasteiger partial charge in [-0.15, -0.1) is 0 Å². The van der Waals surface area contributed by atoms with Crippen LogP contribution in [0.1, 0.15) is 32.8 Å². The van der Waals surface area contributed by atoms with E-state index in [0.29, 0.717) is 12.3 Å². The first-order chi connectivity index (χ1) is 7.97. The number of nitrogens with one attached hydrogen (secondary N) is 1. The number of anilines is 1. The minimum atomic E-state index is 0.0694. The Labute approximate surface area is 103 Å². The maximum absolute atomic E-state index is 11.6. The van der Waals surface area contributed by atoms with E-state index in [1.807, 2.05) is 45.0 Å². The van der Waals surface area contributed by atoms with E-state index in [0.717, 1.165) is 12.1 Å². The van der Waals surface area contributed by atoms with Gasteiger partial charge in [0, 0.05) is 18.2 Å². The number of hydrogen-bond donors (Lipinski definition) is 2. The second-order valence-corrected chi connectivity index (χ2v) is 5.02. The minimum absolute atomic E-state index is 0.0694. The topological polar surface area (TPSA) is 55.1 Å². The highest BCUT2D eigenvalue weighted by Gasteiger charge is 2.05. The van der Waals surface area contributed by atoms with E-state index in [9.17, 15) is 4.79 Å². The molecule has 1 aromatic rings. The third-order valence-corrected chi connectivity index (χ3v) is 2.39. The second-order valence-electron chi connectivity index (χ2n) is 5.02. The Morgan fingerprint density at radius 1 is 1.24 bits per heavy atom. The molecule has 1 atom stereocenters. The van der Waals surface area contributed by atoms with Crippen LogP contribution in [-0.2, 0) is 11.2 Å². The zero-order valence-electron chi connectivity index (χ0n) is 10.9. The first-order valence-corrected chi connectivity index (χ1v) is 6.11. The van der Waals surface area contributed by atoms with E-state index in [1.165, 1.54) is 5.56 Å². The molecule has 17 heavy (non-hydrogen) atoms. The Kier molecular flexibility index (Phi) is 5.16. The molecule has 0 aromatic heterocycles. The Morgan fingerprint density at radius 2 is 1.82 bits per heavy atom. The molecule has 0 radical (unpaired) electrons. The van der Waals surface area contributed by atoms with Crippen LogP contribution in [0, 0.1) is 5.92 Å². The summed E-state index contributed by atoms with van der Waals surface area (Å²) in [5.41, 5.74) is 7.78. The Balaban J connectivity index is 2.53. The molecule has 1 rings (SSSR count). The minimum Gasteiger partial charge on any atom is -0.328 e. The van der Waals surface area contributed by atoms with Crippen molar-refractivity contribution in [3.8, 4) is 0 Å². The summed E-state index contributed by atoms with van der Waals surface area (Å²) in [5, 5.41) is 2.88. The molecule has 1 aromatic carbocycles. The molecular formula is C14H22N2O. The van der Waals surface area contributed by atoms with Gasteiger partial charge >= 0.3 is 0 Å². The van der Waals surface area contributed by atoms with Crippen molar-refractivity contribution in [3.05, 3.63) is 29.8 Å². The van der Waals surface area contributed by atoms with Gasteiger partial charge in [-0.1, -0.05) is 26.0 Å². The fourth-order valence-electron chi connectivity index (χ4n) is 1.68. The summed E-state index contributed by atoms with van der Waals surface area (Å²) in [7, 11) is 0. The van der Waals surface area contributed by atoms with Crippen molar-refractivity contribution in [3.63, 3.8) is 0 Å². The van der Waals surface area contributed by atoms with Gasteiger partial charge in [-0.05, 0) is 37.0 Å². The van der Waals surface area contributed by atoms with E-state index < -0.39 is 0 Å². The van der Waals surface area contributed by atoms with Crippen LogP contribution >= 0.6 is 0 Å². The predicted molar refractivity (Wildman–Crippen MR) is 71.9 cm³/mol. The van der Waals surface area contributed by atoms with Gasteiger partial charge in [-0.3, -0.25) is 4.79 Å². The molecule has 0 bridgehead atoms. The molecular weight excluding hydrogens is 212 g/mol. The predicted octanol–water partition coefficient (Wildman–Crippen LogP) is 2.56. The van der Waals surface area contributed by atoms with Crippen LogP contribution < -0.4 is 11.1 Å². The number of hydrogen-bond acceptors (Lipinski definition) is 2. The average molecular weight is 234 g/mol. The summed E-state index contributed by atoms with van der Waals surface area (Å²) in [6.45, 7) is 6.05. The van der Waals surface area contributed by atoms with Crippen molar-refractivity contribution in [2.75, 3.05) is 5.32 Å². The van der Waals surface area contributed by atoms with Crippen LogP contribution in [0.2, 0.25) is 0 Å². The SMILES string of the molecule is CC(C)CC(=O)Nc1ccc(CC(C)N)cc1. The van der Waals surface area contributed by atoms with Gasteiger partial charge < -0.3 is 11.1 Å². The van der Waals surface area contributed by atoms with Crippen LogP contribution in [0.5, 0.6) is 0 Å². The third-order valence-electron chi connectivity index (χ3n) is 2.39.